The van der Waals surface area contributed by atoms with Gasteiger partial charge >= 0.3 is 29.0 Å². The minimum Gasteiger partial charge on any atom is -0.445 e. The molecule has 0 bridgehead atoms. The highest BCUT2D eigenvalue weighted by Crippen LogP contribution is 2.67. The summed E-state index contributed by atoms with van der Waals surface area (Å²) < 4.78 is 51.9. The molecule has 8 aromatic rings. The summed E-state index contributed by atoms with van der Waals surface area (Å²) in [7, 11) is -9.91. The summed E-state index contributed by atoms with van der Waals surface area (Å²) in [4.78, 5) is 0. The standard InChI is InChI=1S/C60H63N3O6P3.C6H8/c1-45-29-33-49(34-30-45)59(5,6)51-37-41-53(42-38-51)64-48(4)70(65-54-21-13-9-14-22-54)62-47(3)71(66-55-23-15-10-16-24-55,63-72(61,68-56-25-17-11-18-26-56)69-57-27-19-12-20-28-57)67-58-43-39-52(40-44-58)60(7,8)50-35-31-46(2)32-36-50;1-2-4-6-5-3-1/h9-44,47-48,61H,1-8H3;1-4H,5-6H2/q+1;. The lowest BCUT2D eigenvalue weighted by molar-refractivity contribution is 0.292. The van der Waals surface area contributed by atoms with Gasteiger partial charge in [0, 0.05) is 17.8 Å². The third-order valence-electron chi connectivity index (χ3n) is 13.3. The lowest BCUT2D eigenvalue weighted by Crippen LogP contribution is -2.19. The SMILES string of the molecule is C1=CCCC=C1.Cc1ccc(C(C)(C)c2ccc(OC(C)/[P+](=N\C(C)P(=NP(=N)(Oc3ccccc3)Oc3ccccc3)(Oc3ccccc3)Oc3ccc(C(C)(C)c4ccc(C)cc4)cc3)Oc3ccccc3)cc2)cc1. The second-order valence-electron chi connectivity index (χ2n) is 20.1. The number of rotatable bonds is 20. The van der Waals surface area contributed by atoms with Crippen molar-refractivity contribution in [3.05, 3.63) is 276 Å². The van der Waals surface area contributed by atoms with Crippen LogP contribution in [0.3, 0.4) is 0 Å². The highest BCUT2D eigenvalue weighted by molar-refractivity contribution is 7.68. The van der Waals surface area contributed by atoms with Gasteiger partial charge in [-0.2, -0.15) is 0 Å². The smallest absolute Gasteiger partial charge is 0.445 e. The van der Waals surface area contributed by atoms with Crippen LogP contribution in [0.4, 0.5) is 0 Å². The Hall–Kier alpha value is -7.40. The zero-order chi connectivity index (χ0) is 55.0. The maximum Gasteiger partial charge on any atom is 0.464 e. The Kier molecular flexibility index (Phi) is 19.1. The third-order valence-corrected chi connectivity index (χ3v) is 20.0. The van der Waals surface area contributed by atoms with Crippen molar-refractivity contribution in [2.45, 2.75) is 90.7 Å². The summed E-state index contributed by atoms with van der Waals surface area (Å²) in [5.41, 5.74) is 6.52. The highest BCUT2D eigenvalue weighted by Gasteiger charge is 2.44. The van der Waals surface area contributed by atoms with E-state index < -0.39 is 34.7 Å². The van der Waals surface area contributed by atoms with Gasteiger partial charge in [0.2, 0.25) is 0 Å². The fourth-order valence-electron chi connectivity index (χ4n) is 8.49. The fourth-order valence-corrected chi connectivity index (χ4v) is 15.1. The first-order valence-electron chi connectivity index (χ1n) is 26.4. The molecule has 0 heterocycles. The molecule has 0 amide bonds. The van der Waals surface area contributed by atoms with Gasteiger partial charge in [-0.05, 0) is 129 Å². The number of hydrogen-bond donors (Lipinski definition) is 1. The molecule has 0 spiro atoms. The number of para-hydroxylation sites is 4. The number of nitrogens with one attached hydrogen (secondary N) is 1. The molecule has 1 aliphatic carbocycles. The van der Waals surface area contributed by atoms with Crippen LogP contribution in [0.15, 0.2) is 252 Å². The average Bonchev–Trinajstić information content (AvgIpc) is 3.47. The first kappa shape index (κ1) is 56.8. The fraction of sp³-hybridized carbons (Fsp3) is 0.212. The molecule has 12 heteroatoms. The van der Waals surface area contributed by atoms with Crippen LogP contribution in [0.2, 0.25) is 0 Å². The van der Waals surface area contributed by atoms with Crippen LogP contribution in [0.5, 0.6) is 34.5 Å². The summed E-state index contributed by atoms with van der Waals surface area (Å²) in [6.07, 6.45) is 11.0. The van der Waals surface area contributed by atoms with Crippen molar-refractivity contribution >= 4 is 23.1 Å². The molecule has 1 N–H and O–H groups in total. The Labute approximate surface area is 463 Å². The topological polar surface area (TPSA) is 104 Å². The summed E-state index contributed by atoms with van der Waals surface area (Å²) in [5, 5.41) is 10.2. The Morgan fingerprint density at radius 1 is 0.436 bits per heavy atom. The summed E-state index contributed by atoms with van der Waals surface area (Å²) >= 11 is 0. The van der Waals surface area contributed by atoms with Gasteiger partial charge in [-0.25, -0.2) is 5.16 Å². The van der Waals surface area contributed by atoms with Gasteiger partial charge in [-0.15, -0.1) is 4.52 Å². The molecule has 9 nitrogen and oxygen atoms in total. The van der Waals surface area contributed by atoms with E-state index in [1.165, 1.54) is 35.1 Å². The Morgan fingerprint density at radius 2 is 0.769 bits per heavy atom. The molecule has 0 aromatic heterocycles. The van der Waals surface area contributed by atoms with Gasteiger partial charge in [0.25, 0.3) is 0 Å². The van der Waals surface area contributed by atoms with E-state index in [9.17, 15) is 5.16 Å². The molecular formula is C66H71N3O6P3+. The van der Waals surface area contributed by atoms with Crippen molar-refractivity contribution in [1.82, 2.24) is 0 Å². The third kappa shape index (κ3) is 15.4. The van der Waals surface area contributed by atoms with E-state index >= 15 is 0 Å². The number of aryl methyl sites for hydroxylation is 2. The van der Waals surface area contributed by atoms with E-state index in [2.05, 4.69) is 139 Å². The normalized spacial score (nSPS) is 14.1. The second kappa shape index (κ2) is 26.3. The molecule has 0 radical (unpaired) electrons. The summed E-state index contributed by atoms with van der Waals surface area (Å²) in [5.74, 6) is 1.52. The van der Waals surface area contributed by atoms with Gasteiger partial charge < -0.3 is 22.8 Å². The summed E-state index contributed by atoms with van der Waals surface area (Å²) in [6.45, 7) is 16.9. The van der Waals surface area contributed by atoms with Gasteiger partial charge in [-0.3, -0.25) is 4.52 Å². The molecule has 0 fully saturated rings. The first-order chi connectivity index (χ1) is 37.6. The van der Waals surface area contributed by atoms with Crippen molar-refractivity contribution in [2.24, 2.45) is 9.26 Å². The van der Waals surface area contributed by atoms with E-state index in [1.807, 2.05) is 135 Å². The van der Waals surface area contributed by atoms with Crippen molar-refractivity contribution in [1.29, 1.82) is 5.16 Å². The predicted molar refractivity (Wildman–Crippen MR) is 324 cm³/mol. The monoisotopic (exact) mass is 1090 g/mol. The van der Waals surface area contributed by atoms with Crippen molar-refractivity contribution in [3.8, 4) is 34.5 Å². The van der Waals surface area contributed by atoms with Crippen LogP contribution in [0, 0.1) is 19.0 Å². The van der Waals surface area contributed by atoms with Crippen molar-refractivity contribution in [2.75, 3.05) is 0 Å². The molecule has 8 aromatic carbocycles. The van der Waals surface area contributed by atoms with Crippen LogP contribution >= 0.6 is 23.1 Å². The highest BCUT2D eigenvalue weighted by atomic mass is 31.2. The van der Waals surface area contributed by atoms with Crippen LogP contribution in [-0.2, 0) is 10.8 Å². The lowest BCUT2D eigenvalue weighted by Gasteiger charge is -2.30. The Morgan fingerprint density at radius 3 is 1.14 bits per heavy atom. The molecule has 4 atom stereocenters. The van der Waals surface area contributed by atoms with Gasteiger partial charge in [0.15, 0.2) is 11.5 Å². The second-order valence-corrected chi connectivity index (χ2v) is 26.2. The van der Waals surface area contributed by atoms with E-state index in [0.717, 1.165) is 11.1 Å². The van der Waals surface area contributed by atoms with E-state index in [1.54, 1.807) is 24.3 Å². The van der Waals surface area contributed by atoms with Crippen molar-refractivity contribution < 1.29 is 27.4 Å². The lowest BCUT2D eigenvalue weighted by atomic mass is 9.78. The van der Waals surface area contributed by atoms with Gasteiger partial charge in [0.05, 0.1) is 0 Å². The zero-order valence-electron chi connectivity index (χ0n) is 45.8. The Balaban J connectivity index is 0.00000125. The quantitative estimate of drug-likeness (QED) is 0.0763. The molecule has 0 aliphatic heterocycles. The predicted octanol–water partition coefficient (Wildman–Crippen LogP) is 20.5. The van der Waals surface area contributed by atoms with E-state index in [-0.39, 0.29) is 10.8 Å². The molecule has 1 aliphatic rings. The van der Waals surface area contributed by atoms with Crippen LogP contribution in [0.25, 0.3) is 0 Å². The van der Waals surface area contributed by atoms with Crippen LogP contribution in [-0.4, -0.2) is 11.6 Å². The number of nitrogens with zero attached hydrogens (tertiary/aromatic N) is 2. The largest absolute Gasteiger partial charge is 0.464 e. The molecule has 0 saturated carbocycles. The number of allylic oxidation sites excluding steroid dienone is 4. The molecule has 78 heavy (non-hydrogen) atoms. The summed E-state index contributed by atoms with van der Waals surface area (Å²) in [6, 6.07) is 70.7. The minimum absolute atomic E-state index is 0.233. The maximum absolute atomic E-state index is 10.2. The minimum atomic E-state index is -4.13. The maximum atomic E-state index is 10.2. The van der Waals surface area contributed by atoms with Gasteiger partial charge in [0.1, 0.15) is 28.7 Å². The average molecular weight is 1100 g/mol. The van der Waals surface area contributed by atoms with Crippen molar-refractivity contribution in [3.63, 3.8) is 0 Å². The molecular weight excluding hydrogens is 1020 g/mol. The molecule has 4 unspecified atom stereocenters. The van der Waals surface area contributed by atoms with Crippen LogP contribution < -0.4 is 27.4 Å². The van der Waals surface area contributed by atoms with E-state index in [4.69, 9.17) is 36.6 Å². The van der Waals surface area contributed by atoms with Gasteiger partial charge in [-0.1, -0.05) is 213 Å². The number of benzene rings is 8. The number of ether oxygens (including phenoxy) is 1. The van der Waals surface area contributed by atoms with Crippen LogP contribution in [0.1, 0.15) is 87.8 Å². The molecule has 0 saturated heterocycles. The molecule has 9 rings (SSSR count). The Bertz CT molecular complexity index is 3300. The zero-order valence-corrected chi connectivity index (χ0v) is 48.5. The number of hydrogen-bond acceptors (Lipinski definition) is 8. The first-order valence-corrected chi connectivity index (χ1v) is 30.9. The van der Waals surface area contributed by atoms with E-state index in [0.29, 0.717) is 34.5 Å². The molecule has 400 valence electrons.